The highest BCUT2D eigenvalue weighted by Crippen LogP contribution is 2.23. The van der Waals surface area contributed by atoms with Gasteiger partial charge in [-0.25, -0.2) is 0 Å². The third-order valence-electron chi connectivity index (χ3n) is 12.7. The summed E-state index contributed by atoms with van der Waals surface area (Å²) in [5.74, 6) is -0.785. The molecule has 368 valence electrons. The van der Waals surface area contributed by atoms with Crippen molar-refractivity contribution in [3.63, 3.8) is 0 Å². The molecule has 10 heteroatoms. The van der Waals surface area contributed by atoms with E-state index in [0.29, 0.717) is 6.42 Å². The summed E-state index contributed by atoms with van der Waals surface area (Å²) in [7, 11) is 0. The molecule has 0 saturated carbocycles. The van der Waals surface area contributed by atoms with Gasteiger partial charge in [0.15, 0.2) is 12.4 Å². The second kappa shape index (κ2) is 43.6. The Hall–Kier alpha value is -1.30. The van der Waals surface area contributed by atoms with Crippen molar-refractivity contribution in [3.8, 4) is 0 Å². The van der Waals surface area contributed by atoms with Crippen molar-refractivity contribution in [2.45, 2.75) is 301 Å². The fraction of sp³-hybridized carbons (Fsp3) is 0.962. The zero-order valence-electron chi connectivity index (χ0n) is 40.4. The first-order valence-electron chi connectivity index (χ1n) is 26.6. The number of esters is 2. The van der Waals surface area contributed by atoms with Crippen molar-refractivity contribution < 1.29 is 49.0 Å². The Kier molecular flexibility index (Phi) is 41.3. The van der Waals surface area contributed by atoms with Crippen LogP contribution >= 0.6 is 0 Å². The molecule has 4 N–H and O–H groups in total. The predicted octanol–water partition coefficient (Wildman–Crippen LogP) is 12.5. The Morgan fingerprint density at radius 2 is 0.758 bits per heavy atom. The van der Waals surface area contributed by atoms with Gasteiger partial charge in [-0.15, -0.1) is 0 Å². The van der Waals surface area contributed by atoms with Crippen LogP contribution in [-0.4, -0.2) is 89.0 Å². The van der Waals surface area contributed by atoms with Crippen LogP contribution in [0.1, 0.15) is 264 Å². The number of carbonyl (C=O) groups is 2. The highest BCUT2D eigenvalue weighted by atomic mass is 16.7. The lowest BCUT2D eigenvalue weighted by Gasteiger charge is -2.39. The number of carbonyl (C=O) groups excluding carboxylic acids is 2. The SMILES string of the molecule is CCCCCCCCCCCCCCCCCCCCCCCCC(=O)O[C@H](COC(=O)CCCCCCCCCCCCCCCCC)CO[C@@H]1O[C@H](CO)[C@H](O)C(O)C1O. The Morgan fingerprint density at radius 1 is 0.435 bits per heavy atom. The molecule has 0 bridgehead atoms. The molecule has 0 spiro atoms. The lowest BCUT2D eigenvalue weighted by molar-refractivity contribution is -0.305. The molecule has 0 amide bonds. The summed E-state index contributed by atoms with van der Waals surface area (Å²) in [6, 6.07) is 0. The number of aliphatic hydroxyl groups is 4. The van der Waals surface area contributed by atoms with Gasteiger partial charge in [-0.3, -0.25) is 9.59 Å². The molecule has 0 aliphatic carbocycles. The summed E-state index contributed by atoms with van der Waals surface area (Å²) >= 11 is 0. The monoisotopic (exact) mass is 885 g/mol. The van der Waals surface area contributed by atoms with E-state index in [4.69, 9.17) is 18.9 Å². The number of ether oxygens (including phenoxy) is 4. The molecule has 1 rings (SSSR count). The topological polar surface area (TPSA) is 152 Å². The van der Waals surface area contributed by atoms with Gasteiger partial charge in [0.05, 0.1) is 13.2 Å². The predicted molar refractivity (Wildman–Crippen MR) is 252 cm³/mol. The third kappa shape index (κ3) is 34.1. The molecule has 10 nitrogen and oxygen atoms in total. The standard InChI is InChI=1S/C52H100O10/c1-3-5-7-9-11-13-15-17-19-20-21-22-23-24-25-27-29-31-33-35-37-39-41-48(55)61-45(44-60-52-51(58)50(57)49(56)46(42-53)62-52)43-59-47(54)40-38-36-34-32-30-28-26-18-16-14-12-10-8-6-4-2/h45-46,49-53,56-58H,3-44H2,1-2H3/t45-,46-,49+,50?,51?,52-/m1/s1. The molecule has 1 fully saturated rings. The maximum absolute atomic E-state index is 12.8. The van der Waals surface area contributed by atoms with Crippen molar-refractivity contribution in [2.24, 2.45) is 0 Å². The highest BCUT2D eigenvalue weighted by Gasteiger charge is 2.44. The Bertz CT molecular complexity index is 979. The van der Waals surface area contributed by atoms with Crippen LogP contribution < -0.4 is 0 Å². The normalized spacial score (nSPS) is 19.5. The smallest absolute Gasteiger partial charge is 0.306 e. The van der Waals surface area contributed by atoms with E-state index in [1.54, 1.807) is 0 Å². The summed E-state index contributed by atoms with van der Waals surface area (Å²) in [4.78, 5) is 25.4. The summed E-state index contributed by atoms with van der Waals surface area (Å²) in [6.45, 7) is 3.48. The minimum absolute atomic E-state index is 0.208. The first-order chi connectivity index (χ1) is 30.3. The van der Waals surface area contributed by atoms with Gasteiger partial charge >= 0.3 is 11.9 Å². The fourth-order valence-electron chi connectivity index (χ4n) is 8.55. The highest BCUT2D eigenvalue weighted by molar-refractivity contribution is 5.70. The molecule has 0 aromatic carbocycles. The second-order valence-electron chi connectivity index (χ2n) is 18.7. The Labute approximate surface area is 380 Å². The second-order valence-corrected chi connectivity index (χ2v) is 18.7. The number of aliphatic hydroxyl groups excluding tert-OH is 4. The number of rotatable bonds is 46. The van der Waals surface area contributed by atoms with Crippen LogP contribution in [0.5, 0.6) is 0 Å². The number of hydrogen-bond acceptors (Lipinski definition) is 10. The van der Waals surface area contributed by atoms with E-state index in [9.17, 15) is 30.0 Å². The van der Waals surface area contributed by atoms with Crippen LogP contribution in [0.25, 0.3) is 0 Å². The zero-order chi connectivity index (χ0) is 45.1. The molecular weight excluding hydrogens is 785 g/mol. The number of unbranched alkanes of at least 4 members (excludes halogenated alkanes) is 35. The molecule has 1 aliphatic heterocycles. The van der Waals surface area contributed by atoms with E-state index >= 15 is 0 Å². The largest absolute Gasteiger partial charge is 0.462 e. The molecular formula is C52H100O10. The van der Waals surface area contributed by atoms with E-state index in [1.165, 1.54) is 199 Å². The van der Waals surface area contributed by atoms with Crippen LogP contribution in [0.3, 0.4) is 0 Å². The molecule has 0 aromatic rings. The summed E-state index contributed by atoms with van der Waals surface area (Å²) in [5, 5.41) is 40.2. The molecule has 1 saturated heterocycles. The fourth-order valence-corrected chi connectivity index (χ4v) is 8.55. The van der Waals surface area contributed by atoms with E-state index < -0.39 is 49.4 Å². The minimum Gasteiger partial charge on any atom is -0.462 e. The van der Waals surface area contributed by atoms with Gasteiger partial charge in [0.2, 0.25) is 0 Å². The van der Waals surface area contributed by atoms with Gasteiger partial charge in [-0.05, 0) is 12.8 Å². The summed E-state index contributed by atoms with van der Waals surface area (Å²) in [5.41, 5.74) is 0. The Balaban J connectivity index is 2.21. The van der Waals surface area contributed by atoms with E-state index in [-0.39, 0.29) is 32.0 Å². The molecule has 6 atom stereocenters. The van der Waals surface area contributed by atoms with Crippen molar-refractivity contribution >= 4 is 11.9 Å². The van der Waals surface area contributed by atoms with Crippen LogP contribution in [0, 0.1) is 0 Å². The lowest BCUT2D eigenvalue weighted by atomic mass is 9.99. The van der Waals surface area contributed by atoms with Gasteiger partial charge in [0.25, 0.3) is 0 Å². The van der Waals surface area contributed by atoms with Crippen molar-refractivity contribution in [1.82, 2.24) is 0 Å². The molecule has 0 radical (unpaired) electrons. The Morgan fingerprint density at radius 3 is 1.10 bits per heavy atom. The molecule has 1 heterocycles. The maximum Gasteiger partial charge on any atom is 0.306 e. The molecule has 2 unspecified atom stereocenters. The zero-order valence-corrected chi connectivity index (χ0v) is 40.4. The van der Waals surface area contributed by atoms with E-state index in [1.807, 2.05) is 0 Å². The van der Waals surface area contributed by atoms with Gasteiger partial charge in [-0.2, -0.15) is 0 Å². The third-order valence-corrected chi connectivity index (χ3v) is 12.7. The lowest BCUT2D eigenvalue weighted by Crippen LogP contribution is -2.59. The van der Waals surface area contributed by atoms with Crippen LogP contribution in [0.2, 0.25) is 0 Å². The molecule has 62 heavy (non-hydrogen) atoms. The molecule has 0 aromatic heterocycles. The maximum atomic E-state index is 12.8. The van der Waals surface area contributed by atoms with Crippen molar-refractivity contribution in [1.29, 1.82) is 0 Å². The average molecular weight is 885 g/mol. The number of hydrogen-bond donors (Lipinski definition) is 4. The van der Waals surface area contributed by atoms with Gasteiger partial charge in [0, 0.05) is 12.8 Å². The van der Waals surface area contributed by atoms with Crippen LogP contribution in [0.4, 0.5) is 0 Å². The quantitative estimate of drug-likeness (QED) is 0.0343. The van der Waals surface area contributed by atoms with Gasteiger partial charge in [0.1, 0.15) is 31.0 Å². The van der Waals surface area contributed by atoms with Crippen LogP contribution in [-0.2, 0) is 28.5 Å². The van der Waals surface area contributed by atoms with E-state index in [0.717, 1.165) is 32.1 Å². The molecule has 1 aliphatic rings. The van der Waals surface area contributed by atoms with Crippen molar-refractivity contribution in [2.75, 3.05) is 19.8 Å². The summed E-state index contributed by atoms with van der Waals surface area (Å²) < 4.78 is 22.3. The van der Waals surface area contributed by atoms with Crippen molar-refractivity contribution in [3.05, 3.63) is 0 Å². The minimum atomic E-state index is -1.59. The van der Waals surface area contributed by atoms with Crippen LogP contribution in [0.15, 0.2) is 0 Å². The first kappa shape index (κ1) is 58.7. The summed E-state index contributed by atoms with van der Waals surface area (Å²) in [6.07, 6.45) is 39.7. The first-order valence-corrected chi connectivity index (χ1v) is 26.6. The average Bonchev–Trinajstić information content (AvgIpc) is 3.27. The van der Waals surface area contributed by atoms with Gasteiger partial charge in [-0.1, -0.05) is 239 Å². The van der Waals surface area contributed by atoms with Gasteiger partial charge < -0.3 is 39.4 Å². The van der Waals surface area contributed by atoms with E-state index in [2.05, 4.69) is 13.8 Å².